The Labute approximate surface area is 99.1 Å². The normalized spacial score (nSPS) is 10.3. The van der Waals surface area contributed by atoms with Gasteiger partial charge in [0.1, 0.15) is 6.54 Å². The van der Waals surface area contributed by atoms with Crippen molar-refractivity contribution in [1.82, 2.24) is 0 Å². The minimum Gasteiger partial charge on any atom is -0.480 e. The first-order valence-electron chi connectivity index (χ1n) is 5.24. The van der Waals surface area contributed by atoms with Crippen LogP contribution in [-0.4, -0.2) is 28.7 Å². The molecule has 0 fully saturated rings. The van der Waals surface area contributed by atoms with E-state index in [-0.39, 0.29) is 18.0 Å². The minimum atomic E-state index is -0.989. The van der Waals surface area contributed by atoms with Gasteiger partial charge < -0.3 is 15.5 Å². The van der Waals surface area contributed by atoms with Crippen LogP contribution in [0.1, 0.15) is 35.7 Å². The van der Waals surface area contributed by atoms with E-state index < -0.39 is 11.9 Å². The Hall–Kier alpha value is -2.04. The Morgan fingerprint density at radius 2 is 1.94 bits per heavy atom. The van der Waals surface area contributed by atoms with Crippen molar-refractivity contribution >= 4 is 17.6 Å². The third-order valence-electron chi connectivity index (χ3n) is 2.35. The van der Waals surface area contributed by atoms with Gasteiger partial charge in [0.2, 0.25) is 0 Å². The van der Waals surface area contributed by atoms with Gasteiger partial charge in [0, 0.05) is 5.69 Å². The minimum absolute atomic E-state index is 0.116. The topological polar surface area (TPSA) is 86.6 Å². The fourth-order valence-corrected chi connectivity index (χ4v) is 1.51. The number of rotatable bonds is 5. The average molecular weight is 237 g/mol. The van der Waals surface area contributed by atoms with Crippen LogP contribution in [0, 0.1) is 0 Å². The number of hydrogen-bond donors (Lipinski definition) is 3. The van der Waals surface area contributed by atoms with E-state index in [1.54, 1.807) is 12.1 Å². The van der Waals surface area contributed by atoms with Gasteiger partial charge >= 0.3 is 11.9 Å². The Bertz CT molecular complexity index is 440. The molecular weight excluding hydrogens is 222 g/mol. The summed E-state index contributed by atoms with van der Waals surface area (Å²) in [6, 6.07) is 4.62. The Balaban J connectivity index is 3.04. The molecule has 0 radical (unpaired) electrons. The third kappa shape index (κ3) is 3.48. The summed E-state index contributed by atoms with van der Waals surface area (Å²) in [7, 11) is 0. The largest absolute Gasteiger partial charge is 0.480 e. The molecule has 0 atom stereocenters. The lowest BCUT2D eigenvalue weighted by molar-refractivity contribution is -0.134. The first-order valence-corrected chi connectivity index (χ1v) is 5.24. The van der Waals surface area contributed by atoms with Gasteiger partial charge in [-0.05, 0) is 29.7 Å². The summed E-state index contributed by atoms with van der Waals surface area (Å²) in [5.41, 5.74) is 1.66. The number of nitrogens with one attached hydrogen (secondary N) is 1. The molecule has 17 heavy (non-hydrogen) atoms. The molecule has 0 bridgehead atoms. The molecule has 1 rings (SSSR count). The second-order valence-electron chi connectivity index (χ2n) is 4.01. The zero-order valence-corrected chi connectivity index (χ0v) is 9.73. The molecule has 5 nitrogen and oxygen atoms in total. The van der Waals surface area contributed by atoms with E-state index in [1.807, 2.05) is 13.8 Å². The summed E-state index contributed by atoms with van der Waals surface area (Å²) in [4.78, 5) is 21.3. The molecule has 0 spiro atoms. The maximum Gasteiger partial charge on any atom is 0.335 e. The molecule has 0 aliphatic carbocycles. The van der Waals surface area contributed by atoms with Gasteiger partial charge in [-0.1, -0.05) is 13.8 Å². The van der Waals surface area contributed by atoms with Gasteiger partial charge in [0.25, 0.3) is 0 Å². The van der Waals surface area contributed by atoms with Crippen LogP contribution in [0.25, 0.3) is 0 Å². The number of hydrogen-bond acceptors (Lipinski definition) is 3. The van der Waals surface area contributed by atoms with E-state index in [9.17, 15) is 9.59 Å². The summed E-state index contributed by atoms with van der Waals surface area (Å²) >= 11 is 0. The summed E-state index contributed by atoms with van der Waals surface area (Å²) in [5, 5.41) is 20.2. The molecule has 0 aliphatic heterocycles. The number of carboxylic acid groups (broad SMARTS) is 2. The molecular formula is C12H15NO4. The van der Waals surface area contributed by atoms with Crippen LogP contribution in [0.3, 0.4) is 0 Å². The number of benzene rings is 1. The zero-order chi connectivity index (χ0) is 13.0. The molecule has 5 heteroatoms. The smallest absolute Gasteiger partial charge is 0.335 e. The molecule has 0 aromatic heterocycles. The maximum absolute atomic E-state index is 10.8. The molecule has 0 saturated heterocycles. The predicted molar refractivity (Wildman–Crippen MR) is 63.6 cm³/mol. The van der Waals surface area contributed by atoms with Crippen molar-refractivity contribution in [1.29, 1.82) is 0 Å². The SMILES string of the molecule is CC(C)c1cc(C(=O)O)ccc1NCC(=O)O. The second-order valence-corrected chi connectivity index (χ2v) is 4.01. The lowest BCUT2D eigenvalue weighted by Crippen LogP contribution is -2.14. The lowest BCUT2D eigenvalue weighted by atomic mass is 9.98. The summed E-state index contributed by atoms with van der Waals surface area (Å²) in [6.07, 6.45) is 0. The predicted octanol–water partition coefficient (Wildman–Crippen LogP) is 2.00. The number of carbonyl (C=O) groups is 2. The van der Waals surface area contributed by atoms with Crippen molar-refractivity contribution in [2.24, 2.45) is 0 Å². The molecule has 1 aromatic carbocycles. The van der Waals surface area contributed by atoms with Gasteiger partial charge in [0.15, 0.2) is 0 Å². The van der Waals surface area contributed by atoms with Crippen LogP contribution >= 0.6 is 0 Å². The van der Waals surface area contributed by atoms with E-state index in [0.29, 0.717) is 5.69 Å². The fourth-order valence-electron chi connectivity index (χ4n) is 1.51. The molecule has 0 saturated carbocycles. The van der Waals surface area contributed by atoms with E-state index in [0.717, 1.165) is 5.56 Å². The van der Waals surface area contributed by atoms with E-state index in [2.05, 4.69) is 5.32 Å². The molecule has 0 unspecified atom stereocenters. The standard InChI is InChI=1S/C12H15NO4/c1-7(2)9-5-8(12(16)17)3-4-10(9)13-6-11(14)15/h3-5,7,13H,6H2,1-2H3,(H,14,15)(H,16,17). The summed E-state index contributed by atoms with van der Waals surface area (Å²) in [6.45, 7) is 3.66. The van der Waals surface area contributed by atoms with Crippen LogP contribution in [-0.2, 0) is 4.79 Å². The highest BCUT2D eigenvalue weighted by Gasteiger charge is 2.11. The van der Waals surface area contributed by atoms with E-state index in [4.69, 9.17) is 10.2 Å². The highest BCUT2D eigenvalue weighted by atomic mass is 16.4. The van der Waals surface area contributed by atoms with Gasteiger partial charge in [-0.2, -0.15) is 0 Å². The summed E-state index contributed by atoms with van der Waals surface area (Å²) < 4.78 is 0. The highest BCUT2D eigenvalue weighted by Crippen LogP contribution is 2.25. The number of aliphatic carboxylic acids is 1. The monoisotopic (exact) mass is 237 g/mol. The van der Waals surface area contributed by atoms with Crippen LogP contribution in [0.4, 0.5) is 5.69 Å². The first kappa shape index (κ1) is 13.0. The fraction of sp³-hybridized carbons (Fsp3) is 0.333. The first-order chi connectivity index (χ1) is 7.91. The van der Waals surface area contributed by atoms with E-state index >= 15 is 0 Å². The maximum atomic E-state index is 10.8. The molecule has 3 N–H and O–H groups in total. The number of aromatic carboxylic acids is 1. The molecule has 0 amide bonds. The van der Waals surface area contributed by atoms with Crippen molar-refractivity contribution in [2.45, 2.75) is 19.8 Å². The lowest BCUT2D eigenvalue weighted by Gasteiger charge is -2.14. The van der Waals surface area contributed by atoms with Gasteiger partial charge in [-0.15, -0.1) is 0 Å². The van der Waals surface area contributed by atoms with E-state index in [1.165, 1.54) is 6.07 Å². The molecule has 0 aliphatic rings. The van der Waals surface area contributed by atoms with Crippen LogP contribution in [0.5, 0.6) is 0 Å². The van der Waals surface area contributed by atoms with Gasteiger partial charge in [0.05, 0.1) is 5.56 Å². The Morgan fingerprint density at radius 3 is 2.41 bits per heavy atom. The van der Waals surface area contributed by atoms with Gasteiger partial charge in [-0.3, -0.25) is 4.79 Å². The molecule has 1 aromatic rings. The quantitative estimate of drug-likeness (QED) is 0.729. The number of carboxylic acids is 2. The molecule has 0 heterocycles. The van der Waals surface area contributed by atoms with Crippen molar-refractivity contribution in [3.63, 3.8) is 0 Å². The molecule has 92 valence electrons. The van der Waals surface area contributed by atoms with Crippen LogP contribution < -0.4 is 5.32 Å². The Kier molecular flexibility index (Phi) is 4.09. The Morgan fingerprint density at radius 1 is 1.29 bits per heavy atom. The highest BCUT2D eigenvalue weighted by molar-refractivity contribution is 5.88. The van der Waals surface area contributed by atoms with Crippen molar-refractivity contribution in [3.05, 3.63) is 29.3 Å². The summed E-state index contributed by atoms with van der Waals surface area (Å²) in [5.74, 6) is -1.83. The average Bonchev–Trinajstić information content (AvgIpc) is 2.25. The second kappa shape index (κ2) is 5.34. The van der Waals surface area contributed by atoms with Crippen molar-refractivity contribution in [2.75, 3.05) is 11.9 Å². The van der Waals surface area contributed by atoms with Crippen LogP contribution in [0.15, 0.2) is 18.2 Å². The van der Waals surface area contributed by atoms with Crippen LogP contribution in [0.2, 0.25) is 0 Å². The van der Waals surface area contributed by atoms with Crippen molar-refractivity contribution in [3.8, 4) is 0 Å². The zero-order valence-electron chi connectivity index (χ0n) is 9.73. The number of anilines is 1. The third-order valence-corrected chi connectivity index (χ3v) is 2.35. The van der Waals surface area contributed by atoms with Gasteiger partial charge in [-0.25, -0.2) is 4.79 Å². The van der Waals surface area contributed by atoms with Crippen molar-refractivity contribution < 1.29 is 19.8 Å².